The van der Waals surface area contributed by atoms with Gasteiger partial charge in [-0.3, -0.25) is 4.98 Å². The van der Waals surface area contributed by atoms with Gasteiger partial charge in [0.1, 0.15) is 5.75 Å². The van der Waals surface area contributed by atoms with Crippen LogP contribution in [0.25, 0.3) is 10.9 Å². The van der Waals surface area contributed by atoms with Crippen molar-refractivity contribution in [3.05, 3.63) is 30.5 Å². The molecule has 1 aromatic heterocycles. The number of aromatic nitrogens is 1. The van der Waals surface area contributed by atoms with Gasteiger partial charge in [-0.15, -0.1) is 0 Å². The van der Waals surface area contributed by atoms with Crippen molar-refractivity contribution in [3.8, 4) is 5.75 Å². The fourth-order valence-corrected chi connectivity index (χ4v) is 1.53. The Morgan fingerprint density at radius 3 is 2.68 bits per heavy atom. The third kappa shape index (κ3) is 2.69. The van der Waals surface area contributed by atoms with Crippen molar-refractivity contribution in [1.29, 1.82) is 0 Å². The average molecular weight is 274 g/mol. The van der Waals surface area contributed by atoms with Crippen LogP contribution in [0.3, 0.4) is 0 Å². The van der Waals surface area contributed by atoms with Crippen LogP contribution in [0.4, 0.5) is 23.2 Å². The SMILES string of the molecule is Nc1ccc(OCC(F)(F)C(F)F)c2cccnc12. The number of benzene rings is 1. The van der Waals surface area contributed by atoms with Gasteiger partial charge in [0.15, 0.2) is 6.61 Å². The van der Waals surface area contributed by atoms with Gasteiger partial charge in [0, 0.05) is 11.6 Å². The number of anilines is 1. The van der Waals surface area contributed by atoms with E-state index in [0.717, 1.165) is 0 Å². The fourth-order valence-electron chi connectivity index (χ4n) is 1.53. The molecule has 1 heterocycles. The summed E-state index contributed by atoms with van der Waals surface area (Å²) in [5.41, 5.74) is 6.39. The summed E-state index contributed by atoms with van der Waals surface area (Å²) in [6.07, 6.45) is -2.29. The Morgan fingerprint density at radius 2 is 2.00 bits per heavy atom. The first-order chi connectivity index (χ1) is 8.92. The number of fused-ring (bicyclic) bond motifs is 1. The van der Waals surface area contributed by atoms with E-state index in [1.54, 1.807) is 12.1 Å². The van der Waals surface area contributed by atoms with Crippen molar-refractivity contribution < 1.29 is 22.3 Å². The van der Waals surface area contributed by atoms with Crippen LogP contribution in [0, 0.1) is 0 Å². The first-order valence-corrected chi connectivity index (χ1v) is 5.34. The third-order valence-corrected chi connectivity index (χ3v) is 2.50. The molecule has 0 aliphatic rings. The van der Waals surface area contributed by atoms with E-state index < -0.39 is 19.0 Å². The summed E-state index contributed by atoms with van der Waals surface area (Å²) in [5, 5.41) is 0.396. The molecular formula is C12H10F4N2O. The smallest absolute Gasteiger partial charge is 0.340 e. The fraction of sp³-hybridized carbons (Fsp3) is 0.250. The third-order valence-electron chi connectivity index (χ3n) is 2.50. The van der Waals surface area contributed by atoms with Gasteiger partial charge in [0.2, 0.25) is 0 Å². The van der Waals surface area contributed by atoms with Crippen molar-refractivity contribution in [2.45, 2.75) is 12.3 Å². The average Bonchev–Trinajstić information content (AvgIpc) is 2.38. The van der Waals surface area contributed by atoms with E-state index in [4.69, 9.17) is 10.5 Å². The van der Waals surface area contributed by atoms with E-state index in [9.17, 15) is 17.6 Å². The minimum atomic E-state index is -4.20. The molecule has 0 saturated carbocycles. The van der Waals surface area contributed by atoms with Crippen LogP contribution in [0.1, 0.15) is 0 Å². The number of rotatable bonds is 4. The summed E-state index contributed by atoms with van der Waals surface area (Å²) in [6.45, 7) is -1.40. The Balaban J connectivity index is 2.29. The molecule has 3 nitrogen and oxygen atoms in total. The summed E-state index contributed by atoms with van der Waals surface area (Å²) in [6, 6.07) is 5.90. The number of ether oxygens (including phenoxy) is 1. The van der Waals surface area contributed by atoms with Crippen molar-refractivity contribution >= 4 is 16.6 Å². The second-order valence-electron chi connectivity index (χ2n) is 3.90. The van der Waals surface area contributed by atoms with Crippen LogP contribution in [0.2, 0.25) is 0 Å². The number of hydrogen-bond donors (Lipinski definition) is 1. The lowest BCUT2D eigenvalue weighted by atomic mass is 10.2. The Bertz CT molecular complexity index is 589. The number of alkyl halides is 4. The topological polar surface area (TPSA) is 48.1 Å². The molecule has 2 aromatic rings. The van der Waals surface area contributed by atoms with Gasteiger partial charge in [0.05, 0.1) is 11.2 Å². The zero-order valence-electron chi connectivity index (χ0n) is 9.62. The lowest BCUT2D eigenvalue weighted by Gasteiger charge is -2.17. The van der Waals surface area contributed by atoms with Gasteiger partial charge in [-0.2, -0.15) is 8.78 Å². The van der Waals surface area contributed by atoms with Gasteiger partial charge in [-0.1, -0.05) is 0 Å². The van der Waals surface area contributed by atoms with Crippen molar-refractivity contribution in [2.75, 3.05) is 12.3 Å². The van der Waals surface area contributed by atoms with Crippen LogP contribution < -0.4 is 10.5 Å². The molecule has 0 fully saturated rings. The molecule has 19 heavy (non-hydrogen) atoms. The maximum absolute atomic E-state index is 12.8. The predicted molar refractivity (Wildman–Crippen MR) is 62.6 cm³/mol. The highest BCUT2D eigenvalue weighted by molar-refractivity contribution is 5.93. The zero-order valence-corrected chi connectivity index (χ0v) is 9.62. The molecule has 2 N–H and O–H groups in total. The van der Waals surface area contributed by atoms with Gasteiger partial charge in [-0.25, -0.2) is 8.78 Å². The maximum atomic E-state index is 12.8. The Kier molecular flexibility index (Phi) is 3.46. The number of nitrogens with two attached hydrogens (primary N) is 1. The number of nitrogens with zero attached hydrogens (tertiary/aromatic N) is 1. The van der Waals surface area contributed by atoms with Gasteiger partial charge in [0.25, 0.3) is 0 Å². The molecule has 0 amide bonds. The summed E-state index contributed by atoms with van der Waals surface area (Å²) in [4.78, 5) is 3.98. The molecule has 102 valence electrons. The van der Waals surface area contributed by atoms with E-state index in [-0.39, 0.29) is 5.75 Å². The Morgan fingerprint density at radius 1 is 1.26 bits per heavy atom. The largest absolute Gasteiger partial charge is 0.486 e. The van der Waals surface area contributed by atoms with E-state index >= 15 is 0 Å². The van der Waals surface area contributed by atoms with Crippen LogP contribution in [0.5, 0.6) is 5.75 Å². The molecule has 0 unspecified atom stereocenters. The number of nitrogen functional groups attached to an aromatic ring is 1. The second kappa shape index (κ2) is 4.91. The van der Waals surface area contributed by atoms with Crippen molar-refractivity contribution in [1.82, 2.24) is 4.98 Å². The van der Waals surface area contributed by atoms with Crippen molar-refractivity contribution in [2.24, 2.45) is 0 Å². The Labute approximate surface area is 106 Å². The van der Waals surface area contributed by atoms with Gasteiger partial charge in [-0.05, 0) is 24.3 Å². The van der Waals surface area contributed by atoms with E-state index in [0.29, 0.717) is 16.6 Å². The van der Waals surface area contributed by atoms with Crippen LogP contribution in [-0.4, -0.2) is 23.9 Å². The highest BCUT2D eigenvalue weighted by Gasteiger charge is 2.41. The summed E-state index contributed by atoms with van der Waals surface area (Å²) >= 11 is 0. The summed E-state index contributed by atoms with van der Waals surface area (Å²) in [5.74, 6) is -4.16. The summed E-state index contributed by atoms with van der Waals surface area (Å²) < 4.78 is 54.4. The zero-order chi connectivity index (χ0) is 14.0. The molecule has 0 saturated heterocycles. The molecule has 0 atom stereocenters. The van der Waals surface area contributed by atoms with E-state index in [1.165, 1.54) is 18.3 Å². The van der Waals surface area contributed by atoms with Crippen molar-refractivity contribution in [3.63, 3.8) is 0 Å². The minimum absolute atomic E-state index is 0.0395. The quantitative estimate of drug-likeness (QED) is 0.688. The minimum Gasteiger partial charge on any atom is -0.486 e. The molecule has 0 aliphatic carbocycles. The Hall–Kier alpha value is -2.05. The second-order valence-corrected chi connectivity index (χ2v) is 3.90. The van der Waals surface area contributed by atoms with Crippen LogP contribution in [0.15, 0.2) is 30.5 Å². The molecule has 0 radical (unpaired) electrons. The highest BCUT2D eigenvalue weighted by atomic mass is 19.3. The normalized spacial score (nSPS) is 12.1. The monoisotopic (exact) mass is 274 g/mol. The van der Waals surface area contributed by atoms with Gasteiger partial charge >= 0.3 is 12.3 Å². The highest BCUT2D eigenvalue weighted by Crippen LogP contribution is 2.30. The molecular weight excluding hydrogens is 264 g/mol. The van der Waals surface area contributed by atoms with Crippen LogP contribution >= 0.6 is 0 Å². The van der Waals surface area contributed by atoms with E-state index in [2.05, 4.69) is 4.98 Å². The first kappa shape index (κ1) is 13.4. The molecule has 7 heteroatoms. The van der Waals surface area contributed by atoms with E-state index in [1.807, 2.05) is 0 Å². The molecule has 0 aliphatic heterocycles. The maximum Gasteiger partial charge on any atom is 0.340 e. The molecule has 0 bridgehead atoms. The molecule has 2 rings (SSSR count). The number of pyridine rings is 1. The lowest BCUT2D eigenvalue weighted by molar-refractivity contribution is -0.148. The molecule has 1 aromatic carbocycles. The number of halogens is 4. The standard InChI is InChI=1S/C12H10F4N2O/c13-11(14)12(15,16)6-19-9-4-3-8(17)10-7(9)2-1-5-18-10/h1-5,11H,6,17H2. The molecule has 0 spiro atoms. The lowest BCUT2D eigenvalue weighted by Crippen LogP contribution is -2.33. The predicted octanol–water partition coefficient (Wildman–Crippen LogP) is 3.10. The number of hydrogen-bond acceptors (Lipinski definition) is 3. The first-order valence-electron chi connectivity index (χ1n) is 5.34. The van der Waals surface area contributed by atoms with Gasteiger partial charge < -0.3 is 10.5 Å². The summed E-state index contributed by atoms with van der Waals surface area (Å²) in [7, 11) is 0. The van der Waals surface area contributed by atoms with Crippen LogP contribution in [-0.2, 0) is 0 Å².